The Bertz CT molecular complexity index is 418. The molecule has 4 heteroatoms. The molecule has 0 aliphatic carbocycles. The molecule has 0 aromatic heterocycles. The van der Waals surface area contributed by atoms with Gasteiger partial charge in [-0.05, 0) is 43.0 Å². The minimum absolute atomic E-state index is 0.0497. The normalized spacial score (nSPS) is 12.5. The fourth-order valence-corrected chi connectivity index (χ4v) is 2.23. The minimum Gasteiger partial charge on any atom is -0.508 e. The molecule has 18 heavy (non-hydrogen) atoms. The van der Waals surface area contributed by atoms with Crippen LogP contribution in [0.1, 0.15) is 36.2 Å². The van der Waals surface area contributed by atoms with Crippen LogP contribution in [0.4, 0.5) is 0 Å². The number of hydrogen-bond donors (Lipinski definition) is 2. The van der Waals surface area contributed by atoms with E-state index >= 15 is 0 Å². The number of phenolic OH excluding ortho intramolecular Hbond substituents is 1. The third kappa shape index (κ3) is 4.57. The Hall–Kier alpha value is -1.22. The Kier molecular flexibility index (Phi) is 5.48. The molecule has 1 aromatic carbocycles. The molecule has 0 aliphatic rings. The van der Waals surface area contributed by atoms with Gasteiger partial charge in [0.25, 0.3) is 5.91 Å². The van der Waals surface area contributed by atoms with Crippen molar-refractivity contribution in [3.63, 3.8) is 0 Å². The van der Waals surface area contributed by atoms with Crippen LogP contribution in [0.25, 0.3) is 0 Å². The number of nitrogens with one attached hydrogen (secondary N) is 1. The molecule has 1 unspecified atom stereocenters. The number of aryl methyl sites for hydroxylation is 1. The van der Waals surface area contributed by atoms with Crippen LogP contribution in [0.5, 0.6) is 5.75 Å². The first-order valence-corrected chi connectivity index (χ1v) is 6.55. The number of rotatable bonds is 5. The number of hydrogen-bond acceptors (Lipinski definition) is 2. The summed E-state index contributed by atoms with van der Waals surface area (Å²) in [5.74, 6) is 0.529. The number of alkyl halides is 1. The Labute approximate surface area is 113 Å². The van der Waals surface area contributed by atoms with Gasteiger partial charge in [-0.25, -0.2) is 0 Å². The van der Waals surface area contributed by atoms with E-state index in [1.807, 2.05) is 0 Å². The van der Waals surface area contributed by atoms with E-state index in [9.17, 15) is 9.90 Å². The highest BCUT2D eigenvalue weighted by molar-refractivity contribution is 6.21. The van der Waals surface area contributed by atoms with E-state index in [2.05, 4.69) is 19.2 Å². The predicted octanol–water partition coefficient (Wildman–Crippen LogP) is 3.08. The van der Waals surface area contributed by atoms with Crippen LogP contribution >= 0.6 is 11.6 Å². The molecule has 1 amide bonds. The third-order valence-corrected chi connectivity index (χ3v) is 3.00. The molecule has 1 aromatic rings. The summed E-state index contributed by atoms with van der Waals surface area (Å²) >= 11 is 6.12. The molecule has 3 nitrogen and oxygen atoms in total. The second kappa shape index (κ2) is 6.64. The Morgan fingerprint density at radius 1 is 1.44 bits per heavy atom. The largest absolute Gasteiger partial charge is 0.508 e. The summed E-state index contributed by atoms with van der Waals surface area (Å²) in [6, 6.07) is 4.70. The monoisotopic (exact) mass is 269 g/mol. The quantitative estimate of drug-likeness (QED) is 0.807. The summed E-state index contributed by atoms with van der Waals surface area (Å²) in [6.07, 6.45) is 0.871. The van der Waals surface area contributed by atoms with Crippen molar-refractivity contribution in [2.45, 2.75) is 32.6 Å². The number of carbonyl (C=O) groups is 1. The van der Waals surface area contributed by atoms with E-state index < -0.39 is 0 Å². The first-order valence-electron chi connectivity index (χ1n) is 6.12. The molecular formula is C14H20ClNO2. The fourth-order valence-electron chi connectivity index (χ4n) is 1.80. The number of amides is 1. The minimum atomic E-state index is -0.151. The SMILES string of the molecule is Cc1cc(O)ccc1C(=O)NCC(Cl)CC(C)C. The van der Waals surface area contributed by atoms with Crippen molar-refractivity contribution < 1.29 is 9.90 Å². The lowest BCUT2D eigenvalue weighted by molar-refractivity contribution is 0.0952. The summed E-state index contributed by atoms with van der Waals surface area (Å²) < 4.78 is 0. The maximum Gasteiger partial charge on any atom is 0.251 e. The number of phenols is 1. The molecule has 2 N–H and O–H groups in total. The molecule has 0 fully saturated rings. The smallest absolute Gasteiger partial charge is 0.251 e. The van der Waals surface area contributed by atoms with E-state index in [-0.39, 0.29) is 17.0 Å². The van der Waals surface area contributed by atoms with E-state index in [1.165, 1.54) is 6.07 Å². The standard InChI is InChI=1S/C14H20ClNO2/c1-9(2)6-11(15)8-16-14(18)13-5-4-12(17)7-10(13)3/h4-5,7,9,11,17H,6,8H2,1-3H3,(H,16,18). The van der Waals surface area contributed by atoms with E-state index in [0.29, 0.717) is 18.0 Å². The van der Waals surface area contributed by atoms with Crippen molar-refractivity contribution in [1.29, 1.82) is 0 Å². The first-order chi connectivity index (χ1) is 8.40. The van der Waals surface area contributed by atoms with Gasteiger partial charge in [-0.1, -0.05) is 13.8 Å². The second-order valence-corrected chi connectivity index (χ2v) is 5.55. The highest BCUT2D eigenvalue weighted by Gasteiger charge is 2.12. The highest BCUT2D eigenvalue weighted by atomic mass is 35.5. The van der Waals surface area contributed by atoms with Crippen LogP contribution in [0.15, 0.2) is 18.2 Å². The zero-order valence-corrected chi connectivity index (χ0v) is 11.8. The lowest BCUT2D eigenvalue weighted by Crippen LogP contribution is -2.30. The van der Waals surface area contributed by atoms with Gasteiger partial charge in [-0.15, -0.1) is 11.6 Å². The molecule has 1 rings (SSSR count). The lowest BCUT2D eigenvalue weighted by Gasteiger charge is -2.13. The average Bonchev–Trinajstić information content (AvgIpc) is 2.25. The summed E-state index contributed by atoms with van der Waals surface area (Å²) in [5.41, 5.74) is 1.32. The highest BCUT2D eigenvalue weighted by Crippen LogP contribution is 2.16. The maximum atomic E-state index is 11.9. The second-order valence-electron chi connectivity index (χ2n) is 4.94. The average molecular weight is 270 g/mol. The molecule has 0 radical (unpaired) electrons. The van der Waals surface area contributed by atoms with Gasteiger partial charge in [0, 0.05) is 12.1 Å². The summed E-state index contributed by atoms with van der Waals surface area (Å²) in [5, 5.41) is 12.0. The number of carbonyl (C=O) groups excluding carboxylic acids is 1. The molecule has 0 heterocycles. The van der Waals surface area contributed by atoms with Crippen LogP contribution in [0.3, 0.4) is 0 Å². The number of benzene rings is 1. The van der Waals surface area contributed by atoms with Crippen molar-refractivity contribution in [3.8, 4) is 5.75 Å². The van der Waals surface area contributed by atoms with E-state index in [4.69, 9.17) is 11.6 Å². The van der Waals surface area contributed by atoms with Gasteiger partial charge in [0.1, 0.15) is 5.75 Å². The summed E-state index contributed by atoms with van der Waals surface area (Å²) in [6.45, 7) is 6.45. The first kappa shape index (κ1) is 14.8. The van der Waals surface area contributed by atoms with E-state index in [1.54, 1.807) is 19.1 Å². The fraction of sp³-hybridized carbons (Fsp3) is 0.500. The zero-order chi connectivity index (χ0) is 13.7. The van der Waals surface area contributed by atoms with Gasteiger partial charge >= 0.3 is 0 Å². The van der Waals surface area contributed by atoms with Crippen molar-refractivity contribution in [2.24, 2.45) is 5.92 Å². The van der Waals surface area contributed by atoms with Gasteiger partial charge < -0.3 is 10.4 Å². The number of halogens is 1. The molecule has 1 atom stereocenters. The predicted molar refractivity (Wildman–Crippen MR) is 74.3 cm³/mol. The summed E-state index contributed by atoms with van der Waals surface area (Å²) in [4.78, 5) is 11.9. The van der Waals surface area contributed by atoms with Gasteiger partial charge in [0.2, 0.25) is 0 Å². The van der Waals surface area contributed by atoms with Gasteiger partial charge in [0.15, 0.2) is 0 Å². The van der Waals surface area contributed by atoms with Crippen molar-refractivity contribution in [2.75, 3.05) is 6.54 Å². The van der Waals surface area contributed by atoms with Crippen molar-refractivity contribution >= 4 is 17.5 Å². The summed E-state index contributed by atoms with van der Waals surface area (Å²) in [7, 11) is 0. The van der Waals surface area contributed by atoms with Gasteiger partial charge in [0.05, 0.1) is 5.38 Å². The Balaban J connectivity index is 2.55. The van der Waals surface area contributed by atoms with Crippen LogP contribution in [-0.2, 0) is 0 Å². The number of aromatic hydroxyl groups is 1. The topological polar surface area (TPSA) is 49.3 Å². The van der Waals surface area contributed by atoms with Gasteiger partial charge in [-0.2, -0.15) is 0 Å². The third-order valence-electron chi connectivity index (χ3n) is 2.67. The molecule has 0 bridgehead atoms. The molecule has 100 valence electrons. The zero-order valence-electron chi connectivity index (χ0n) is 11.0. The molecule has 0 saturated carbocycles. The van der Waals surface area contributed by atoms with Crippen LogP contribution in [-0.4, -0.2) is 22.9 Å². The Morgan fingerprint density at radius 2 is 2.11 bits per heavy atom. The van der Waals surface area contributed by atoms with Crippen molar-refractivity contribution in [3.05, 3.63) is 29.3 Å². The van der Waals surface area contributed by atoms with E-state index in [0.717, 1.165) is 12.0 Å². The van der Waals surface area contributed by atoms with Crippen LogP contribution in [0.2, 0.25) is 0 Å². The maximum absolute atomic E-state index is 11.9. The molecule has 0 aliphatic heterocycles. The molecular weight excluding hydrogens is 250 g/mol. The van der Waals surface area contributed by atoms with Crippen molar-refractivity contribution in [1.82, 2.24) is 5.32 Å². The lowest BCUT2D eigenvalue weighted by atomic mass is 10.1. The van der Waals surface area contributed by atoms with Crippen LogP contribution in [0, 0.1) is 12.8 Å². The molecule has 0 spiro atoms. The van der Waals surface area contributed by atoms with Crippen LogP contribution < -0.4 is 5.32 Å². The Morgan fingerprint density at radius 3 is 2.67 bits per heavy atom. The molecule has 0 saturated heterocycles. The van der Waals surface area contributed by atoms with Gasteiger partial charge in [-0.3, -0.25) is 4.79 Å².